The summed E-state index contributed by atoms with van der Waals surface area (Å²) in [6, 6.07) is 7.60. The molecule has 2 aromatic rings. The molecule has 1 unspecified atom stereocenters. The monoisotopic (exact) mass is 261 g/mol. The van der Waals surface area contributed by atoms with Crippen LogP contribution in [0.1, 0.15) is 24.1 Å². The van der Waals surface area contributed by atoms with Gasteiger partial charge in [-0.25, -0.2) is 9.89 Å². The van der Waals surface area contributed by atoms with Crippen LogP contribution in [-0.4, -0.2) is 15.2 Å². The van der Waals surface area contributed by atoms with E-state index in [9.17, 15) is 9.59 Å². The summed E-state index contributed by atoms with van der Waals surface area (Å²) in [4.78, 5) is 24.5. The average molecular weight is 261 g/mol. The van der Waals surface area contributed by atoms with Gasteiger partial charge in [0.2, 0.25) is 5.82 Å². The molecule has 0 radical (unpaired) electrons. The van der Waals surface area contributed by atoms with Crippen molar-refractivity contribution in [3.8, 4) is 0 Å². The number of aromatic nitrogens is 3. The number of nitrogens with two attached hydrogens (primary N) is 1. The van der Waals surface area contributed by atoms with E-state index in [0.717, 1.165) is 11.1 Å². The van der Waals surface area contributed by atoms with Crippen molar-refractivity contribution in [3.05, 3.63) is 56.2 Å². The van der Waals surface area contributed by atoms with Gasteiger partial charge in [-0.05, 0) is 18.1 Å². The van der Waals surface area contributed by atoms with E-state index in [-0.39, 0.29) is 11.9 Å². The zero-order valence-electron chi connectivity index (χ0n) is 10.4. The zero-order chi connectivity index (χ0) is 13.8. The van der Waals surface area contributed by atoms with E-state index in [4.69, 9.17) is 5.73 Å². The minimum absolute atomic E-state index is 0.0787. The highest BCUT2D eigenvalue weighted by Crippen LogP contribution is 2.16. The molecule has 7 heteroatoms. The fourth-order valence-electron chi connectivity index (χ4n) is 1.68. The van der Waals surface area contributed by atoms with Crippen LogP contribution in [0.4, 0.5) is 5.82 Å². The van der Waals surface area contributed by atoms with Crippen molar-refractivity contribution in [1.29, 1.82) is 0 Å². The second kappa shape index (κ2) is 5.49. The van der Waals surface area contributed by atoms with Gasteiger partial charge in [0.05, 0.1) is 6.04 Å². The summed E-state index contributed by atoms with van der Waals surface area (Å²) in [5.74, 6) is 0.0787. The highest BCUT2D eigenvalue weighted by molar-refractivity contribution is 5.35. The lowest BCUT2D eigenvalue weighted by atomic mass is 10.1. The minimum atomic E-state index is -0.629. The molecule has 1 aromatic carbocycles. The molecule has 100 valence electrons. The predicted octanol–water partition coefficient (Wildman–Crippen LogP) is 0.0900. The maximum absolute atomic E-state index is 11.5. The lowest BCUT2D eigenvalue weighted by Crippen LogP contribution is -2.27. The Balaban J connectivity index is 2.17. The number of H-pyrrole nitrogens is 2. The molecule has 1 aromatic heterocycles. The van der Waals surface area contributed by atoms with Gasteiger partial charge >= 0.3 is 5.69 Å². The summed E-state index contributed by atoms with van der Waals surface area (Å²) in [6.45, 7) is 2.38. The second-order valence-corrected chi connectivity index (χ2v) is 4.17. The summed E-state index contributed by atoms with van der Waals surface area (Å²) in [5.41, 5.74) is 6.38. The van der Waals surface area contributed by atoms with Crippen LogP contribution >= 0.6 is 0 Å². The van der Waals surface area contributed by atoms with E-state index in [0.29, 0.717) is 6.54 Å². The van der Waals surface area contributed by atoms with E-state index in [1.165, 1.54) is 0 Å². The molecule has 0 spiro atoms. The molecule has 2 rings (SSSR count). The zero-order valence-corrected chi connectivity index (χ0v) is 10.4. The van der Waals surface area contributed by atoms with Crippen LogP contribution in [0.5, 0.6) is 0 Å². The van der Waals surface area contributed by atoms with Crippen molar-refractivity contribution in [3.63, 3.8) is 0 Å². The van der Waals surface area contributed by atoms with Crippen LogP contribution in [0.2, 0.25) is 0 Å². The molecular formula is C12H15N5O2. The number of hydrogen-bond acceptors (Lipinski definition) is 5. The highest BCUT2D eigenvalue weighted by atomic mass is 16.2. The first kappa shape index (κ1) is 13.0. The summed E-state index contributed by atoms with van der Waals surface area (Å²) in [7, 11) is 0. The largest absolute Gasteiger partial charge is 0.358 e. The second-order valence-electron chi connectivity index (χ2n) is 4.17. The molecule has 0 saturated carbocycles. The molecule has 19 heavy (non-hydrogen) atoms. The Morgan fingerprint density at radius 3 is 2.58 bits per heavy atom. The third kappa shape index (κ3) is 3.08. The Labute approximate surface area is 108 Å². The van der Waals surface area contributed by atoms with Crippen LogP contribution in [0.3, 0.4) is 0 Å². The molecule has 7 nitrogen and oxygen atoms in total. The molecule has 0 aliphatic carbocycles. The Bertz CT molecular complexity index is 659. The number of nitrogens with one attached hydrogen (secondary N) is 3. The van der Waals surface area contributed by atoms with E-state index in [1.807, 2.05) is 31.2 Å². The molecule has 1 heterocycles. The van der Waals surface area contributed by atoms with Gasteiger partial charge in [0.15, 0.2) is 0 Å². The van der Waals surface area contributed by atoms with Crippen LogP contribution in [-0.2, 0) is 6.54 Å². The van der Waals surface area contributed by atoms with E-state index in [1.54, 1.807) is 0 Å². The number of benzene rings is 1. The van der Waals surface area contributed by atoms with Gasteiger partial charge in [-0.1, -0.05) is 24.3 Å². The van der Waals surface area contributed by atoms with Crippen molar-refractivity contribution in [2.45, 2.75) is 19.5 Å². The Kier molecular flexibility index (Phi) is 3.76. The molecule has 5 N–H and O–H groups in total. The summed E-state index contributed by atoms with van der Waals surface area (Å²) in [5, 5.41) is 8.78. The van der Waals surface area contributed by atoms with Gasteiger partial charge in [0.25, 0.3) is 5.56 Å². The maximum atomic E-state index is 11.5. The van der Waals surface area contributed by atoms with E-state index >= 15 is 0 Å². The standard InChI is InChI=1S/C12H15N5O2/c1-7(9-4-2-8(6-13)3-5-9)14-10-11(18)15-12(19)17-16-10/h2-5,7H,6,13H2,1H3,(H,14,16)(H2,15,17,18,19). The quantitative estimate of drug-likeness (QED) is 0.622. The van der Waals surface area contributed by atoms with Crippen molar-refractivity contribution in [2.24, 2.45) is 5.73 Å². The van der Waals surface area contributed by atoms with E-state index < -0.39 is 11.2 Å². The molecule has 0 aliphatic heterocycles. The molecule has 0 bridgehead atoms. The molecule has 0 aliphatic rings. The fraction of sp³-hybridized carbons (Fsp3) is 0.250. The normalized spacial score (nSPS) is 12.1. The predicted molar refractivity (Wildman–Crippen MR) is 71.8 cm³/mol. The lowest BCUT2D eigenvalue weighted by molar-refractivity contribution is 0.825. The Morgan fingerprint density at radius 2 is 2.00 bits per heavy atom. The first-order valence-corrected chi connectivity index (χ1v) is 5.84. The Morgan fingerprint density at radius 1 is 1.32 bits per heavy atom. The SMILES string of the molecule is CC(Nc1n[nH]c(=O)[nH]c1=O)c1ccc(CN)cc1. The van der Waals surface area contributed by atoms with Crippen LogP contribution in [0.15, 0.2) is 33.9 Å². The number of anilines is 1. The van der Waals surface area contributed by atoms with Crippen molar-refractivity contribution >= 4 is 5.82 Å². The van der Waals surface area contributed by atoms with Crippen molar-refractivity contribution in [1.82, 2.24) is 15.2 Å². The first-order valence-electron chi connectivity index (χ1n) is 5.84. The fourth-order valence-corrected chi connectivity index (χ4v) is 1.68. The maximum Gasteiger partial charge on any atom is 0.342 e. The molecule has 0 fully saturated rings. The molecular weight excluding hydrogens is 246 g/mol. The van der Waals surface area contributed by atoms with Crippen molar-refractivity contribution in [2.75, 3.05) is 5.32 Å². The minimum Gasteiger partial charge on any atom is -0.358 e. The Hall–Kier alpha value is -2.41. The molecule has 0 saturated heterocycles. The van der Waals surface area contributed by atoms with Gasteiger partial charge in [-0.3, -0.25) is 9.78 Å². The summed E-state index contributed by atoms with van der Waals surface area (Å²) in [6.07, 6.45) is 0. The van der Waals surface area contributed by atoms with Gasteiger partial charge in [-0.15, -0.1) is 5.10 Å². The summed E-state index contributed by atoms with van der Waals surface area (Å²) < 4.78 is 0. The molecule has 0 amide bonds. The number of aromatic amines is 2. The van der Waals surface area contributed by atoms with Crippen LogP contribution < -0.4 is 22.3 Å². The third-order valence-electron chi connectivity index (χ3n) is 2.78. The first-order chi connectivity index (χ1) is 9.10. The lowest BCUT2D eigenvalue weighted by Gasteiger charge is -2.14. The van der Waals surface area contributed by atoms with Gasteiger partial charge in [0.1, 0.15) is 0 Å². The van der Waals surface area contributed by atoms with Crippen LogP contribution in [0.25, 0.3) is 0 Å². The van der Waals surface area contributed by atoms with E-state index in [2.05, 4.69) is 20.5 Å². The number of nitrogens with zero attached hydrogens (tertiary/aromatic N) is 1. The smallest absolute Gasteiger partial charge is 0.342 e. The topological polar surface area (TPSA) is 117 Å². The third-order valence-corrected chi connectivity index (χ3v) is 2.78. The number of hydrogen-bond donors (Lipinski definition) is 4. The number of rotatable bonds is 4. The van der Waals surface area contributed by atoms with Crippen LogP contribution in [0, 0.1) is 0 Å². The highest BCUT2D eigenvalue weighted by Gasteiger charge is 2.09. The average Bonchev–Trinajstić information content (AvgIpc) is 2.42. The molecule has 1 atom stereocenters. The van der Waals surface area contributed by atoms with Crippen molar-refractivity contribution < 1.29 is 0 Å². The van der Waals surface area contributed by atoms with Gasteiger partial charge in [0, 0.05) is 6.54 Å². The summed E-state index contributed by atoms with van der Waals surface area (Å²) >= 11 is 0. The van der Waals surface area contributed by atoms with Gasteiger partial charge < -0.3 is 11.1 Å². The van der Waals surface area contributed by atoms with Gasteiger partial charge in [-0.2, -0.15) is 0 Å².